The number of unbranched alkanes of at least 4 members (excludes halogenated alkanes) is 33. The van der Waals surface area contributed by atoms with Gasteiger partial charge in [-0.3, -0.25) is 4.79 Å². The molecule has 7 atom stereocenters. The number of hydrogen-bond acceptors (Lipinski definition) is 8. The van der Waals surface area contributed by atoms with Crippen LogP contribution in [0.3, 0.4) is 0 Å². The molecule has 0 bridgehead atoms. The summed E-state index contributed by atoms with van der Waals surface area (Å²) in [6, 6.07) is -0.832. The summed E-state index contributed by atoms with van der Waals surface area (Å²) in [6.07, 6.45) is 73.8. The molecule has 77 heavy (non-hydrogen) atoms. The first kappa shape index (κ1) is 72.4. The Hall–Kier alpha value is -2.63. The zero-order chi connectivity index (χ0) is 55.8. The number of carbonyl (C=O) groups is 1. The molecule has 9 heteroatoms. The first-order valence-corrected chi connectivity index (χ1v) is 32.3. The molecule has 0 saturated carbocycles. The molecule has 1 aliphatic rings. The topological polar surface area (TPSA) is 149 Å². The van der Waals surface area contributed by atoms with Crippen LogP contribution in [0.25, 0.3) is 0 Å². The van der Waals surface area contributed by atoms with Crippen LogP contribution in [0.4, 0.5) is 0 Å². The van der Waals surface area contributed by atoms with E-state index in [1.54, 1.807) is 6.08 Å². The molecule has 0 radical (unpaired) electrons. The van der Waals surface area contributed by atoms with E-state index in [1.165, 1.54) is 193 Å². The second-order valence-corrected chi connectivity index (χ2v) is 22.2. The lowest BCUT2D eigenvalue weighted by Crippen LogP contribution is -2.60. The van der Waals surface area contributed by atoms with Crippen molar-refractivity contribution < 1.29 is 39.8 Å². The van der Waals surface area contributed by atoms with Crippen LogP contribution >= 0.6 is 0 Å². The third kappa shape index (κ3) is 45.8. The highest BCUT2D eigenvalue weighted by atomic mass is 16.7. The van der Waals surface area contributed by atoms with Crippen LogP contribution < -0.4 is 5.32 Å². The van der Waals surface area contributed by atoms with Crippen molar-refractivity contribution in [2.75, 3.05) is 13.2 Å². The molecule has 1 heterocycles. The van der Waals surface area contributed by atoms with Crippen LogP contribution in [-0.4, -0.2) is 87.5 Å². The summed E-state index contributed by atoms with van der Waals surface area (Å²) in [7, 11) is 0. The number of carbonyl (C=O) groups excluding carboxylic acids is 1. The highest BCUT2D eigenvalue weighted by Crippen LogP contribution is 2.23. The maximum absolute atomic E-state index is 13.1. The van der Waals surface area contributed by atoms with Crippen molar-refractivity contribution in [2.24, 2.45) is 0 Å². The summed E-state index contributed by atoms with van der Waals surface area (Å²) < 4.78 is 11.3. The summed E-state index contributed by atoms with van der Waals surface area (Å²) in [4.78, 5) is 13.1. The molecule has 7 unspecified atom stereocenters. The predicted molar refractivity (Wildman–Crippen MR) is 327 cm³/mol. The van der Waals surface area contributed by atoms with Gasteiger partial charge in [-0.2, -0.15) is 0 Å². The predicted octanol–water partition coefficient (Wildman–Crippen LogP) is 17.0. The lowest BCUT2D eigenvalue weighted by atomic mass is 9.99. The fourth-order valence-corrected chi connectivity index (χ4v) is 9.89. The van der Waals surface area contributed by atoms with Gasteiger partial charge in [0.25, 0.3) is 0 Å². The normalized spacial score (nSPS) is 19.3. The van der Waals surface area contributed by atoms with Gasteiger partial charge in [-0.05, 0) is 83.5 Å². The Balaban J connectivity index is 2.18. The molecule has 1 aliphatic heterocycles. The Kier molecular flexibility index (Phi) is 53.2. The van der Waals surface area contributed by atoms with Gasteiger partial charge in [-0.1, -0.05) is 279 Å². The Morgan fingerprint density at radius 2 is 0.818 bits per heavy atom. The zero-order valence-corrected chi connectivity index (χ0v) is 49.7. The SMILES string of the molecule is CC/C=C\C/C=C\C/C=C\C/C=C\CCCCCCCCCCCCCCCCCCCCC(=O)NC(COC1OC(CO)C(O)C(O)C1O)C(O)/C=C/CC/C=C/CC/C=C/CCCCCCCCCCCCCCC. The number of ether oxygens (including phenoxy) is 2. The Bertz CT molecular complexity index is 1490. The molecule has 0 spiro atoms. The number of nitrogens with one attached hydrogen (secondary N) is 1. The van der Waals surface area contributed by atoms with Crippen LogP contribution in [0, 0.1) is 0 Å². The van der Waals surface area contributed by atoms with Gasteiger partial charge in [0.05, 0.1) is 25.4 Å². The second kappa shape index (κ2) is 56.6. The Morgan fingerprint density at radius 1 is 0.455 bits per heavy atom. The average Bonchev–Trinajstić information content (AvgIpc) is 3.43. The van der Waals surface area contributed by atoms with Crippen molar-refractivity contribution in [3.63, 3.8) is 0 Å². The summed E-state index contributed by atoms with van der Waals surface area (Å²) in [6.45, 7) is 3.67. The molecule has 6 N–H and O–H groups in total. The molecule has 0 aromatic heterocycles. The van der Waals surface area contributed by atoms with Gasteiger partial charge in [-0.25, -0.2) is 0 Å². The van der Waals surface area contributed by atoms with Gasteiger partial charge in [0, 0.05) is 6.42 Å². The van der Waals surface area contributed by atoms with Gasteiger partial charge in [0.15, 0.2) is 6.29 Å². The number of aliphatic hydroxyl groups is 5. The molecule has 9 nitrogen and oxygen atoms in total. The van der Waals surface area contributed by atoms with E-state index in [9.17, 15) is 30.3 Å². The summed E-state index contributed by atoms with van der Waals surface area (Å²) in [5.74, 6) is -0.189. The van der Waals surface area contributed by atoms with Crippen molar-refractivity contribution >= 4 is 5.91 Å². The fraction of sp³-hybridized carbons (Fsp3) is 0.779. The van der Waals surface area contributed by atoms with Crippen LogP contribution in [0.2, 0.25) is 0 Å². The molecule has 446 valence electrons. The number of hydrogen-bond donors (Lipinski definition) is 6. The third-order valence-electron chi connectivity index (χ3n) is 14.9. The van der Waals surface area contributed by atoms with E-state index in [0.29, 0.717) is 6.42 Å². The van der Waals surface area contributed by atoms with Crippen molar-refractivity contribution in [2.45, 2.75) is 326 Å². The molecular formula is C68H121NO8. The summed E-state index contributed by atoms with van der Waals surface area (Å²) in [5, 5.41) is 54.6. The lowest BCUT2D eigenvalue weighted by Gasteiger charge is -2.40. The largest absolute Gasteiger partial charge is 0.394 e. The first-order valence-electron chi connectivity index (χ1n) is 32.3. The number of amides is 1. The number of rotatable bonds is 55. The molecular weight excluding hydrogens is 959 g/mol. The van der Waals surface area contributed by atoms with E-state index in [2.05, 4.69) is 92.1 Å². The third-order valence-corrected chi connectivity index (χ3v) is 14.9. The van der Waals surface area contributed by atoms with Crippen molar-refractivity contribution in [3.05, 3.63) is 85.1 Å². The Morgan fingerprint density at radius 3 is 1.25 bits per heavy atom. The highest BCUT2D eigenvalue weighted by molar-refractivity contribution is 5.76. The van der Waals surface area contributed by atoms with Crippen molar-refractivity contribution in [1.29, 1.82) is 0 Å². The van der Waals surface area contributed by atoms with Gasteiger partial charge in [0.2, 0.25) is 5.91 Å². The van der Waals surface area contributed by atoms with Gasteiger partial charge >= 0.3 is 0 Å². The number of allylic oxidation sites excluding steroid dienone is 13. The molecule has 1 fully saturated rings. The average molecular weight is 1080 g/mol. The van der Waals surface area contributed by atoms with Crippen LogP contribution in [0.1, 0.15) is 284 Å². The summed E-state index contributed by atoms with van der Waals surface area (Å²) >= 11 is 0. The number of aliphatic hydroxyl groups excluding tert-OH is 5. The van der Waals surface area contributed by atoms with E-state index in [4.69, 9.17) is 9.47 Å². The smallest absolute Gasteiger partial charge is 0.220 e. The first-order chi connectivity index (χ1) is 37.8. The molecule has 0 aliphatic carbocycles. The Labute approximate surface area is 473 Å². The summed E-state index contributed by atoms with van der Waals surface area (Å²) in [5.41, 5.74) is 0. The van der Waals surface area contributed by atoms with Gasteiger partial charge < -0.3 is 40.3 Å². The minimum atomic E-state index is -1.58. The fourth-order valence-electron chi connectivity index (χ4n) is 9.89. The van der Waals surface area contributed by atoms with E-state index < -0.39 is 49.5 Å². The van der Waals surface area contributed by atoms with E-state index in [0.717, 1.165) is 70.6 Å². The molecule has 1 amide bonds. The zero-order valence-electron chi connectivity index (χ0n) is 49.7. The molecule has 1 saturated heterocycles. The van der Waals surface area contributed by atoms with E-state index in [1.807, 2.05) is 6.08 Å². The molecule has 1 rings (SSSR count). The second-order valence-electron chi connectivity index (χ2n) is 22.2. The molecule has 0 aromatic rings. The highest BCUT2D eigenvalue weighted by Gasteiger charge is 2.44. The van der Waals surface area contributed by atoms with Crippen LogP contribution in [0.5, 0.6) is 0 Å². The minimum Gasteiger partial charge on any atom is -0.394 e. The van der Waals surface area contributed by atoms with Crippen molar-refractivity contribution in [1.82, 2.24) is 5.32 Å². The van der Waals surface area contributed by atoms with E-state index in [-0.39, 0.29) is 12.5 Å². The van der Waals surface area contributed by atoms with E-state index >= 15 is 0 Å². The standard InChI is InChI=1S/C68H121NO8/c1-3-5-7-9-11-13-15-17-19-21-23-25-27-28-29-30-31-32-33-34-36-38-40-42-44-46-48-50-52-54-56-58-64(72)69-61(60-76-68-67(75)66(74)65(73)63(59-70)77-68)62(71)57-55-53-51-49-47-45-43-41-39-37-35-26-24-22-20-18-16-14-12-10-8-6-4-2/h5,7,11,13,17,19,23,25,39,41,47,49,55,57,61-63,65-68,70-71,73-75H,3-4,6,8-10,12,14-16,18,20-22,24,26-38,40,42-46,48,50-54,56,58-60H2,1-2H3,(H,69,72)/b7-5-,13-11-,19-17-,25-23-,41-39+,49-47+,57-55+. The monoisotopic (exact) mass is 1080 g/mol. The quantitative estimate of drug-likeness (QED) is 0.0261. The van der Waals surface area contributed by atoms with Crippen LogP contribution in [-0.2, 0) is 14.3 Å². The molecule has 0 aromatic carbocycles. The maximum Gasteiger partial charge on any atom is 0.220 e. The lowest BCUT2D eigenvalue weighted by molar-refractivity contribution is -0.302. The van der Waals surface area contributed by atoms with Gasteiger partial charge in [-0.15, -0.1) is 0 Å². The minimum absolute atomic E-state index is 0.189. The maximum atomic E-state index is 13.1. The van der Waals surface area contributed by atoms with Crippen molar-refractivity contribution in [3.8, 4) is 0 Å². The van der Waals surface area contributed by atoms with Crippen LogP contribution in [0.15, 0.2) is 85.1 Å². The van der Waals surface area contributed by atoms with Gasteiger partial charge in [0.1, 0.15) is 24.4 Å².